The van der Waals surface area contributed by atoms with E-state index in [9.17, 15) is 4.79 Å². The zero-order valence-corrected chi connectivity index (χ0v) is 15.0. The normalized spacial score (nSPS) is 13.8. The SMILES string of the molecule is CC(C)(C)c1ccc(NC(=O)CN2CCOc3cc(N)ccc32)cc1. The van der Waals surface area contributed by atoms with Crippen LogP contribution >= 0.6 is 0 Å². The standard InChI is InChI=1S/C20H25N3O2/c1-20(2,3)14-4-7-16(8-5-14)22-19(24)13-23-10-11-25-18-12-15(21)6-9-17(18)23/h4-9,12H,10-11,13,21H2,1-3H3,(H,22,24). The molecule has 0 unspecified atom stereocenters. The van der Waals surface area contributed by atoms with E-state index in [1.165, 1.54) is 5.56 Å². The van der Waals surface area contributed by atoms with Gasteiger partial charge in [-0.15, -0.1) is 0 Å². The van der Waals surface area contributed by atoms with Crippen LogP contribution in [0.3, 0.4) is 0 Å². The third-order valence-electron chi connectivity index (χ3n) is 4.31. The highest BCUT2D eigenvalue weighted by molar-refractivity contribution is 5.94. The molecule has 1 aliphatic rings. The van der Waals surface area contributed by atoms with E-state index in [2.05, 4.69) is 38.2 Å². The lowest BCUT2D eigenvalue weighted by Crippen LogP contribution is -2.38. The van der Waals surface area contributed by atoms with Gasteiger partial charge >= 0.3 is 0 Å². The van der Waals surface area contributed by atoms with E-state index >= 15 is 0 Å². The van der Waals surface area contributed by atoms with Crippen LogP contribution in [0.2, 0.25) is 0 Å². The van der Waals surface area contributed by atoms with Gasteiger partial charge in [-0.05, 0) is 35.2 Å². The lowest BCUT2D eigenvalue weighted by molar-refractivity contribution is -0.115. The van der Waals surface area contributed by atoms with E-state index in [4.69, 9.17) is 10.5 Å². The summed E-state index contributed by atoms with van der Waals surface area (Å²) in [5, 5.41) is 2.96. The lowest BCUT2D eigenvalue weighted by Gasteiger charge is -2.30. The molecule has 1 heterocycles. The second kappa shape index (κ2) is 6.67. The summed E-state index contributed by atoms with van der Waals surface area (Å²) in [6.07, 6.45) is 0. The van der Waals surface area contributed by atoms with Crippen molar-refractivity contribution in [3.63, 3.8) is 0 Å². The Balaban J connectivity index is 1.66. The zero-order chi connectivity index (χ0) is 18.0. The number of rotatable bonds is 3. The van der Waals surface area contributed by atoms with Crippen LogP contribution in [0.25, 0.3) is 0 Å². The van der Waals surface area contributed by atoms with E-state index < -0.39 is 0 Å². The second-order valence-electron chi connectivity index (χ2n) is 7.37. The van der Waals surface area contributed by atoms with Crippen LogP contribution in [0.4, 0.5) is 17.1 Å². The van der Waals surface area contributed by atoms with Crippen molar-refractivity contribution in [2.24, 2.45) is 0 Å². The summed E-state index contributed by atoms with van der Waals surface area (Å²) in [4.78, 5) is 14.4. The number of hydrogen-bond acceptors (Lipinski definition) is 4. The Morgan fingerprint density at radius 3 is 2.60 bits per heavy atom. The highest BCUT2D eigenvalue weighted by Crippen LogP contribution is 2.33. The van der Waals surface area contributed by atoms with Gasteiger partial charge in [0, 0.05) is 17.4 Å². The van der Waals surface area contributed by atoms with Crippen molar-refractivity contribution in [2.45, 2.75) is 26.2 Å². The summed E-state index contributed by atoms with van der Waals surface area (Å²) < 4.78 is 5.63. The molecule has 25 heavy (non-hydrogen) atoms. The number of fused-ring (bicyclic) bond motifs is 1. The van der Waals surface area contributed by atoms with Crippen molar-refractivity contribution in [3.8, 4) is 5.75 Å². The molecule has 3 rings (SSSR count). The van der Waals surface area contributed by atoms with Gasteiger partial charge in [0.25, 0.3) is 0 Å². The molecule has 2 aromatic rings. The minimum Gasteiger partial charge on any atom is -0.489 e. The minimum absolute atomic E-state index is 0.0480. The first kappa shape index (κ1) is 17.1. The molecule has 0 saturated heterocycles. The molecule has 0 spiro atoms. The number of nitrogens with two attached hydrogens (primary N) is 1. The molecule has 0 fully saturated rings. The summed E-state index contributed by atoms with van der Waals surface area (Å²) in [5.74, 6) is 0.682. The predicted molar refractivity (Wildman–Crippen MR) is 102 cm³/mol. The number of nitrogen functional groups attached to an aromatic ring is 1. The molecular formula is C20H25N3O2. The highest BCUT2D eigenvalue weighted by atomic mass is 16.5. The van der Waals surface area contributed by atoms with E-state index in [0.29, 0.717) is 18.8 Å². The fraction of sp³-hybridized carbons (Fsp3) is 0.350. The average molecular weight is 339 g/mol. The maximum atomic E-state index is 12.4. The predicted octanol–water partition coefficient (Wildman–Crippen LogP) is 3.40. The Morgan fingerprint density at radius 1 is 1.20 bits per heavy atom. The van der Waals surface area contributed by atoms with Gasteiger partial charge in [-0.2, -0.15) is 0 Å². The van der Waals surface area contributed by atoms with Gasteiger partial charge in [0.2, 0.25) is 5.91 Å². The van der Waals surface area contributed by atoms with Gasteiger partial charge < -0.3 is 20.7 Å². The highest BCUT2D eigenvalue weighted by Gasteiger charge is 2.20. The molecule has 0 aromatic heterocycles. The molecule has 5 heteroatoms. The minimum atomic E-state index is -0.0480. The number of ether oxygens (including phenoxy) is 1. The molecule has 2 aromatic carbocycles. The number of anilines is 3. The molecule has 132 valence electrons. The van der Waals surface area contributed by atoms with Crippen LogP contribution in [-0.2, 0) is 10.2 Å². The van der Waals surface area contributed by atoms with Gasteiger partial charge in [-0.3, -0.25) is 4.79 Å². The van der Waals surface area contributed by atoms with Crippen molar-refractivity contribution < 1.29 is 9.53 Å². The summed E-state index contributed by atoms with van der Waals surface area (Å²) >= 11 is 0. The van der Waals surface area contributed by atoms with Crippen LogP contribution in [-0.4, -0.2) is 25.6 Å². The third kappa shape index (κ3) is 4.05. The van der Waals surface area contributed by atoms with Crippen molar-refractivity contribution in [3.05, 3.63) is 48.0 Å². The molecule has 1 aliphatic heterocycles. The Bertz CT molecular complexity index is 764. The quantitative estimate of drug-likeness (QED) is 0.841. The van der Waals surface area contributed by atoms with Crippen LogP contribution < -0.4 is 20.7 Å². The maximum Gasteiger partial charge on any atom is 0.243 e. The van der Waals surface area contributed by atoms with Gasteiger partial charge in [0.05, 0.1) is 18.8 Å². The average Bonchev–Trinajstić information content (AvgIpc) is 2.54. The molecule has 0 saturated carbocycles. The first-order valence-electron chi connectivity index (χ1n) is 8.50. The number of carbonyl (C=O) groups excluding carboxylic acids is 1. The van der Waals surface area contributed by atoms with Crippen LogP contribution in [0, 0.1) is 0 Å². The molecule has 0 radical (unpaired) electrons. The van der Waals surface area contributed by atoms with Crippen molar-refractivity contribution in [2.75, 3.05) is 35.6 Å². The van der Waals surface area contributed by atoms with Gasteiger partial charge in [0.1, 0.15) is 12.4 Å². The van der Waals surface area contributed by atoms with Gasteiger partial charge in [0.15, 0.2) is 0 Å². The molecule has 3 N–H and O–H groups in total. The second-order valence-corrected chi connectivity index (χ2v) is 7.37. The van der Waals surface area contributed by atoms with Crippen molar-refractivity contribution in [1.82, 2.24) is 0 Å². The monoisotopic (exact) mass is 339 g/mol. The molecule has 0 aliphatic carbocycles. The van der Waals surface area contributed by atoms with E-state index in [1.807, 2.05) is 29.2 Å². The maximum absolute atomic E-state index is 12.4. The first-order valence-corrected chi connectivity index (χ1v) is 8.50. The Morgan fingerprint density at radius 2 is 1.92 bits per heavy atom. The fourth-order valence-electron chi connectivity index (χ4n) is 2.89. The lowest BCUT2D eigenvalue weighted by atomic mass is 9.87. The largest absolute Gasteiger partial charge is 0.489 e. The van der Waals surface area contributed by atoms with Crippen LogP contribution in [0.15, 0.2) is 42.5 Å². The molecule has 5 nitrogen and oxygen atoms in total. The number of hydrogen-bond donors (Lipinski definition) is 2. The molecule has 0 atom stereocenters. The van der Waals surface area contributed by atoms with Gasteiger partial charge in [-0.1, -0.05) is 32.9 Å². The third-order valence-corrected chi connectivity index (χ3v) is 4.31. The van der Waals surface area contributed by atoms with Gasteiger partial charge in [-0.25, -0.2) is 0 Å². The number of nitrogens with one attached hydrogen (secondary N) is 1. The summed E-state index contributed by atoms with van der Waals surface area (Å²) in [6, 6.07) is 13.5. The van der Waals surface area contributed by atoms with E-state index in [-0.39, 0.29) is 17.9 Å². The summed E-state index contributed by atoms with van der Waals surface area (Å²) in [6.45, 7) is 8.01. The number of nitrogens with zero attached hydrogens (tertiary/aromatic N) is 1. The first-order chi connectivity index (χ1) is 11.8. The Hall–Kier alpha value is -2.69. The Labute approximate surface area is 148 Å². The zero-order valence-electron chi connectivity index (χ0n) is 15.0. The topological polar surface area (TPSA) is 67.6 Å². The summed E-state index contributed by atoms with van der Waals surface area (Å²) in [7, 11) is 0. The van der Waals surface area contributed by atoms with Crippen molar-refractivity contribution >= 4 is 23.0 Å². The van der Waals surface area contributed by atoms with Crippen LogP contribution in [0.1, 0.15) is 26.3 Å². The van der Waals surface area contributed by atoms with E-state index in [1.54, 1.807) is 6.07 Å². The molecule has 1 amide bonds. The number of amides is 1. The number of carbonyl (C=O) groups is 1. The fourth-order valence-corrected chi connectivity index (χ4v) is 2.89. The number of benzene rings is 2. The van der Waals surface area contributed by atoms with E-state index in [0.717, 1.165) is 17.1 Å². The molecule has 0 bridgehead atoms. The summed E-state index contributed by atoms with van der Waals surface area (Å²) in [5.41, 5.74) is 9.50. The Kier molecular flexibility index (Phi) is 4.57. The molecular weight excluding hydrogens is 314 g/mol. The van der Waals surface area contributed by atoms with Crippen molar-refractivity contribution in [1.29, 1.82) is 0 Å². The smallest absolute Gasteiger partial charge is 0.243 e. The van der Waals surface area contributed by atoms with Crippen LogP contribution in [0.5, 0.6) is 5.75 Å².